The van der Waals surface area contributed by atoms with E-state index in [1.54, 1.807) is 14.2 Å². The van der Waals surface area contributed by atoms with Crippen molar-refractivity contribution in [3.63, 3.8) is 0 Å². The molecule has 0 spiro atoms. The lowest BCUT2D eigenvalue weighted by atomic mass is 9.65. The molecule has 0 heterocycles. The monoisotopic (exact) mass is 1380 g/mol. The average molecular weight is 1380 g/mol. The van der Waals surface area contributed by atoms with Gasteiger partial charge >= 0.3 is 0 Å². The maximum absolute atomic E-state index is 13.6. The van der Waals surface area contributed by atoms with E-state index in [1.807, 2.05) is 28.4 Å². The zero-order valence-electron chi connectivity index (χ0n) is 67.8. The minimum absolute atomic E-state index is 0.194. The van der Waals surface area contributed by atoms with Crippen molar-refractivity contribution in [1.29, 1.82) is 0 Å². The topological polar surface area (TPSA) is 95.8 Å². The fraction of sp³-hybridized carbons (Fsp3) is 0.489. The molecule has 8 nitrogen and oxygen atoms in total. The summed E-state index contributed by atoms with van der Waals surface area (Å²) in [5.41, 5.74) is 12.1. The van der Waals surface area contributed by atoms with E-state index in [-0.39, 0.29) is 80.0 Å². The zero-order valence-corrected chi connectivity index (χ0v) is 67.8. The largest absolute Gasteiger partial charge is 0.507 e. The molecule has 0 saturated heterocycles. The Labute approximate surface area is 615 Å². The first-order chi connectivity index (χ1) is 47.4. The lowest BCUT2D eigenvalue weighted by molar-refractivity contribution is 0.303. The second-order valence-corrected chi connectivity index (χ2v) is 37.8. The van der Waals surface area contributed by atoms with E-state index in [9.17, 15) is 10.2 Å². The van der Waals surface area contributed by atoms with Crippen LogP contribution >= 0.6 is 0 Å². The van der Waals surface area contributed by atoms with Crippen molar-refractivity contribution in [2.75, 3.05) is 42.7 Å². The van der Waals surface area contributed by atoms with Gasteiger partial charge in [0, 0.05) is 136 Å². The highest BCUT2D eigenvalue weighted by Crippen LogP contribution is 2.62. The fourth-order valence-corrected chi connectivity index (χ4v) is 18.5. The van der Waals surface area contributed by atoms with Gasteiger partial charge in [0.05, 0.1) is 42.7 Å². The summed E-state index contributed by atoms with van der Waals surface area (Å²) in [5.74, 6) is 2.77. The SMILES string of the molecule is COc1c2cccc1C(C(C)(C)C)c1cccc(c1OC)C(C(C)(C)C)c1cccc(c1OC)C(C(C)(C)C)c1cccc(c1OC)C(C(C)(C)C)c1cccc(c1OC)C(C(C)(C)C)c1cccc(c1OC)C(C(C)(C)C)c1cccc(c1O)C(C(C)(C)C)c1cccc(c1O)C2C(C)(C)C. The highest BCUT2D eigenvalue weighted by Gasteiger charge is 2.46. The number of phenols is 2. The maximum atomic E-state index is 13.6. The summed E-state index contributed by atoms with van der Waals surface area (Å²) in [5, 5.41) is 27.1. The third-order valence-electron chi connectivity index (χ3n) is 21.8. The van der Waals surface area contributed by atoms with Crippen LogP contribution in [0.5, 0.6) is 46.0 Å². The van der Waals surface area contributed by atoms with Crippen LogP contribution in [-0.2, 0) is 0 Å². The molecule has 0 aliphatic heterocycles. The summed E-state index contributed by atoms with van der Waals surface area (Å²) in [6.07, 6.45) is 0. The van der Waals surface area contributed by atoms with E-state index in [1.165, 1.54) is 0 Å². The first kappa shape index (κ1) is 78.3. The van der Waals surface area contributed by atoms with Crippen molar-refractivity contribution in [2.45, 2.75) is 214 Å². The Morgan fingerprint density at radius 1 is 0.176 bits per heavy atom. The number of rotatable bonds is 6. The van der Waals surface area contributed by atoms with Gasteiger partial charge in [0.15, 0.2) is 0 Å². The van der Waals surface area contributed by atoms with Crippen molar-refractivity contribution in [3.05, 3.63) is 235 Å². The molecule has 548 valence electrons. The van der Waals surface area contributed by atoms with Crippen LogP contribution in [0.1, 0.15) is 303 Å². The molecule has 6 atom stereocenters. The van der Waals surface area contributed by atoms with Crippen molar-refractivity contribution < 1.29 is 38.6 Å². The molecule has 6 unspecified atom stereocenters. The Hall–Kier alpha value is -7.84. The maximum Gasteiger partial charge on any atom is 0.126 e. The minimum atomic E-state index is -0.511. The standard InChI is InChI=1S/C94H124O8/c1-87(2,3)71-55-39-31-41-57(79(55)95)72(88(4,5)6)59-43-33-45-61(81(59)97-25)74(90(10,11)12)63-47-35-49-65(83(63)99-27)76(92(16,17)18)67-51-37-53-69(85(67)101-29)78(94(22,23)24)70-54-38-52-68(86(70)102-30)77(93(19,20)21)66-50-36-48-64(84(66)100-28)75(91(13,14)15)62-46-34-44-60(82(62)98-26)73(89(7,8)9)58-42-32-40-56(71)80(58)96/h31-54,71-78,95-96H,1-30H3. The molecule has 1 aliphatic rings. The number of fused-ring (bicyclic) bond motifs is 16. The van der Waals surface area contributed by atoms with Crippen LogP contribution in [0.15, 0.2) is 146 Å². The molecule has 16 bridgehead atoms. The first-order valence-electron chi connectivity index (χ1n) is 37.0. The van der Waals surface area contributed by atoms with Gasteiger partial charge in [-0.25, -0.2) is 0 Å². The highest BCUT2D eigenvalue weighted by molar-refractivity contribution is 5.65. The van der Waals surface area contributed by atoms with Crippen LogP contribution in [0.25, 0.3) is 0 Å². The zero-order chi connectivity index (χ0) is 75.7. The molecule has 0 fully saturated rings. The summed E-state index contributed by atoms with van der Waals surface area (Å²) < 4.78 is 41.5. The number of hydrogen-bond acceptors (Lipinski definition) is 8. The highest BCUT2D eigenvalue weighted by atomic mass is 16.5. The third-order valence-corrected chi connectivity index (χ3v) is 21.8. The summed E-state index contributed by atoms with van der Waals surface area (Å²) >= 11 is 0. The Bertz CT molecular complexity index is 4040. The minimum Gasteiger partial charge on any atom is -0.507 e. The van der Waals surface area contributed by atoms with Crippen molar-refractivity contribution in [2.24, 2.45) is 43.3 Å². The smallest absolute Gasteiger partial charge is 0.126 e. The molecule has 0 saturated carbocycles. The number of para-hydroxylation sites is 8. The molecule has 0 amide bonds. The van der Waals surface area contributed by atoms with Crippen molar-refractivity contribution >= 4 is 0 Å². The van der Waals surface area contributed by atoms with Gasteiger partial charge in [0.25, 0.3) is 0 Å². The molecule has 0 aromatic heterocycles. The molecule has 9 rings (SSSR count). The lowest BCUT2D eigenvalue weighted by Gasteiger charge is -2.40. The number of benzene rings is 8. The molecule has 102 heavy (non-hydrogen) atoms. The van der Waals surface area contributed by atoms with Crippen LogP contribution < -0.4 is 28.4 Å². The fourth-order valence-electron chi connectivity index (χ4n) is 18.5. The van der Waals surface area contributed by atoms with E-state index >= 15 is 0 Å². The summed E-state index contributed by atoms with van der Waals surface area (Å²) in [6.45, 7) is 54.8. The van der Waals surface area contributed by atoms with E-state index in [2.05, 4.69) is 312 Å². The van der Waals surface area contributed by atoms with Gasteiger partial charge in [-0.15, -0.1) is 0 Å². The first-order valence-corrected chi connectivity index (χ1v) is 37.0. The van der Waals surface area contributed by atoms with Gasteiger partial charge < -0.3 is 38.6 Å². The molecule has 2 N–H and O–H groups in total. The number of methoxy groups -OCH3 is 6. The second-order valence-electron chi connectivity index (χ2n) is 37.8. The molecule has 1 aliphatic carbocycles. The predicted molar refractivity (Wildman–Crippen MR) is 425 cm³/mol. The van der Waals surface area contributed by atoms with E-state index in [4.69, 9.17) is 28.4 Å². The van der Waals surface area contributed by atoms with Gasteiger partial charge in [0.2, 0.25) is 0 Å². The molecular weight excluding hydrogens is 1260 g/mol. The van der Waals surface area contributed by atoms with E-state index in [0.717, 1.165) is 124 Å². The number of aromatic hydroxyl groups is 2. The van der Waals surface area contributed by atoms with Crippen LogP contribution in [0.2, 0.25) is 0 Å². The van der Waals surface area contributed by atoms with E-state index < -0.39 is 22.2 Å². The second kappa shape index (κ2) is 28.7. The predicted octanol–water partition coefficient (Wildman–Crippen LogP) is 24.9. The van der Waals surface area contributed by atoms with Gasteiger partial charge in [-0.1, -0.05) is 312 Å². The van der Waals surface area contributed by atoms with Crippen molar-refractivity contribution in [3.8, 4) is 46.0 Å². The lowest BCUT2D eigenvalue weighted by Crippen LogP contribution is -2.27. The summed E-state index contributed by atoms with van der Waals surface area (Å²) in [6, 6.07) is 52.4. The summed E-state index contributed by atoms with van der Waals surface area (Å²) in [7, 11) is 10.9. The molecule has 8 aromatic rings. The van der Waals surface area contributed by atoms with Gasteiger partial charge in [-0.3, -0.25) is 0 Å². The molecule has 8 aromatic carbocycles. The van der Waals surface area contributed by atoms with Crippen LogP contribution in [0.4, 0.5) is 0 Å². The van der Waals surface area contributed by atoms with Crippen LogP contribution in [0.3, 0.4) is 0 Å². The third kappa shape index (κ3) is 14.7. The quantitative estimate of drug-likeness (QED) is 0.170. The van der Waals surface area contributed by atoms with Crippen LogP contribution in [0, 0.1) is 43.3 Å². The summed E-state index contributed by atoms with van der Waals surface area (Å²) in [4.78, 5) is 0. The van der Waals surface area contributed by atoms with Crippen LogP contribution in [-0.4, -0.2) is 52.9 Å². The van der Waals surface area contributed by atoms with Gasteiger partial charge in [-0.05, 0) is 43.3 Å². The van der Waals surface area contributed by atoms with Gasteiger partial charge in [0.1, 0.15) is 46.0 Å². The molecular formula is C94H124O8. The number of phenolic OH excluding ortho intramolecular Hbond substituents is 2. The molecule has 0 radical (unpaired) electrons. The Balaban J connectivity index is 1.46. The normalized spacial score (nSPS) is 19.7. The number of ether oxygens (including phenoxy) is 6. The van der Waals surface area contributed by atoms with Gasteiger partial charge in [-0.2, -0.15) is 0 Å². The van der Waals surface area contributed by atoms with E-state index in [0.29, 0.717) is 0 Å². The number of hydrogen-bond donors (Lipinski definition) is 2. The Morgan fingerprint density at radius 3 is 0.363 bits per heavy atom. The van der Waals surface area contributed by atoms with Crippen molar-refractivity contribution in [1.82, 2.24) is 0 Å². The Kier molecular flexibility index (Phi) is 22.0. The Morgan fingerprint density at radius 2 is 0.265 bits per heavy atom. The molecule has 8 heteroatoms. The average Bonchev–Trinajstić information content (AvgIpc) is 0.744.